The molecule has 2 aromatic carbocycles. The normalized spacial score (nSPS) is 11.4. The average Bonchev–Trinajstić information content (AvgIpc) is 3.16. The number of aromatic nitrogens is 3. The number of primary amides is 1. The van der Waals surface area contributed by atoms with Gasteiger partial charge in [0.05, 0.1) is 11.0 Å². The molecule has 0 fully saturated rings. The molecule has 4 rings (SSSR count). The molecule has 4 aromatic rings. The Morgan fingerprint density at radius 2 is 2.04 bits per heavy atom. The van der Waals surface area contributed by atoms with Crippen LogP contribution in [0.25, 0.3) is 33.1 Å². The highest BCUT2D eigenvalue weighted by Crippen LogP contribution is 2.30. The minimum Gasteiger partial charge on any atom is -0.370 e. The van der Waals surface area contributed by atoms with E-state index in [9.17, 15) is 9.18 Å². The van der Waals surface area contributed by atoms with Crippen molar-refractivity contribution in [3.63, 3.8) is 0 Å². The van der Waals surface area contributed by atoms with Crippen LogP contribution in [0.15, 0.2) is 42.6 Å². The fourth-order valence-corrected chi connectivity index (χ4v) is 3.12. The maximum absolute atomic E-state index is 13.3. The number of aromatic amines is 2. The van der Waals surface area contributed by atoms with Gasteiger partial charge in [-0.1, -0.05) is 6.07 Å². The molecule has 5 nitrogen and oxygen atoms in total. The number of hydrogen-bond acceptors (Lipinski definition) is 2. The van der Waals surface area contributed by atoms with E-state index in [1.807, 2.05) is 24.4 Å². The Morgan fingerprint density at radius 3 is 2.88 bits per heavy atom. The second kappa shape index (κ2) is 6.05. The lowest BCUT2D eigenvalue weighted by Crippen LogP contribution is -2.10. The molecule has 6 heteroatoms. The Balaban J connectivity index is 1.67. The second-order valence-electron chi connectivity index (χ2n) is 6.13. The summed E-state index contributed by atoms with van der Waals surface area (Å²) in [5.74, 6) is 0.286. The van der Waals surface area contributed by atoms with Gasteiger partial charge in [0, 0.05) is 35.5 Å². The summed E-state index contributed by atoms with van der Waals surface area (Å²) >= 11 is 0. The molecule has 0 saturated carbocycles. The van der Waals surface area contributed by atoms with Gasteiger partial charge in [0.1, 0.15) is 11.6 Å². The lowest BCUT2D eigenvalue weighted by Gasteiger charge is -2.00. The number of amides is 1. The zero-order valence-corrected chi connectivity index (χ0v) is 13.5. The van der Waals surface area contributed by atoms with E-state index in [2.05, 4.69) is 15.0 Å². The Morgan fingerprint density at radius 1 is 1.16 bits per heavy atom. The molecule has 0 bridgehead atoms. The predicted octanol–water partition coefficient (Wildman–Crippen LogP) is 3.66. The van der Waals surface area contributed by atoms with Crippen LogP contribution in [0.4, 0.5) is 4.39 Å². The van der Waals surface area contributed by atoms with Crippen molar-refractivity contribution in [1.29, 1.82) is 0 Å². The van der Waals surface area contributed by atoms with Gasteiger partial charge in [0.25, 0.3) is 0 Å². The highest BCUT2D eigenvalue weighted by Gasteiger charge is 2.10. The van der Waals surface area contributed by atoms with Crippen LogP contribution in [0, 0.1) is 5.82 Å². The van der Waals surface area contributed by atoms with E-state index in [0.29, 0.717) is 19.3 Å². The van der Waals surface area contributed by atoms with Gasteiger partial charge in [0.15, 0.2) is 0 Å². The average molecular weight is 336 g/mol. The third-order valence-electron chi connectivity index (χ3n) is 4.32. The Kier molecular flexibility index (Phi) is 3.72. The maximum atomic E-state index is 13.3. The van der Waals surface area contributed by atoms with Gasteiger partial charge >= 0.3 is 0 Å². The number of carbonyl (C=O) groups is 1. The first-order chi connectivity index (χ1) is 12.1. The predicted molar refractivity (Wildman–Crippen MR) is 95.5 cm³/mol. The topological polar surface area (TPSA) is 87.6 Å². The molecule has 0 saturated heterocycles. The van der Waals surface area contributed by atoms with Gasteiger partial charge in [-0.2, -0.15) is 0 Å². The molecule has 2 aromatic heterocycles. The summed E-state index contributed by atoms with van der Waals surface area (Å²) in [4.78, 5) is 21.8. The van der Waals surface area contributed by atoms with Gasteiger partial charge in [-0.3, -0.25) is 4.79 Å². The quantitative estimate of drug-likeness (QED) is 0.519. The fourth-order valence-electron chi connectivity index (χ4n) is 3.12. The van der Waals surface area contributed by atoms with Crippen molar-refractivity contribution in [2.75, 3.05) is 0 Å². The summed E-state index contributed by atoms with van der Waals surface area (Å²) in [6.07, 6.45) is 3.60. The Bertz CT molecular complexity index is 1080. The highest BCUT2D eigenvalue weighted by molar-refractivity contribution is 5.97. The van der Waals surface area contributed by atoms with E-state index in [0.717, 1.165) is 38.9 Å². The number of nitrogens with two attached hydrogens (primary N) is 1. The monoisotopic (exact) mass is 336 g/mol. The van der Waals surface area contributed by atoms with E-state index in [1.54, 1.807) is 6.07 Å². The molecular formula is C19H17FN4O. The number of benzene rings is 2. The van der Waals surface area contributed by atoms with E-state index in [4.69, 9.17) is 5.73 Å². The lowest BCUT2D eigenvalue weighted by molar-refractivity contribution is -0.118. The third kappa shape index (κ3) is 2.98. The SMILES string of the molecule is NC(=O)CCCc1nc2ccc(-c3c[nH]c4cc(F)ccc34)cc2[nH]1. The number of hydrogen-bond donors (Lipinski definition) is 3. The summed E-state index contributed by atoms with van der Waals surface area (Å²) in [5, 5.41) is 0.974. The van der Waals surface area contributed by atoms with Crippen molar-refractivity contribution >= 4 is 27.8 Å². The van der Waals surface area contributed by atoms with Gasteiger partial charge in [0.2, 0.25) is 5.91 Å². The number of imidazole rings is 1. The van der Waals surface area contributed by atoms with Gasteiger partial charge in [-0.05, 0) is 42.3 Å². The van der Waals surface area contributed by atoms with E-state index in [1.165, 1.54) is 12.1 Å². The van der Waals surface area contributed by atoms with E-state index in [-0.39, 0.29) is 11.7 Å². The number of aryl methyl sites for hydroxylation is 1. The van der Waals surface area contributed by atoms with Crippen LogP contribution < -0.4 is 5.73 Å². The summed E-state index contributed by atoms with van der Waals surface area (Å²) in [6, 6.07) is 10.7. The van der Waals surface area contributed by atoms with Crippen LogP contribution in [0.1, 0.15) is 18.7 Å². The summed E-state index contributed by atoms with van der Waals surface area (Å²) in [7, 11) is 0. The first-order valence-corrected chi connectivity index (χ1v) is 8.14. The smallest absolute Gasteiger partial charge is 0.217 e. The van der Waals surface area contributed by atoms with Crippen LogP contribution in [-0.4, -0.2) is 20.9 Å². The van der Waals surface area contributed by atoms with Crippen LogP contribution in [0.3, 0.4) is 0 Å². The number of rotatable bonds is 5. The molecule has 126 valence electrons. The minimum absolute atomic E-state index is 0.259. The van der Waals surface area contributed by atoms with Gasteiger partial charge in [-0.25, -0.2) is 9.37 Å². The molecule has 0 atom stereocenters. The molecule has 0 aliphatic carbocycles. The van der Waals surface area contributed by atoms with E-state index < -0.39 is 0 Å². The van der Waals surface area contributed by atoms with Crippen molar-refractivity contribution in [2.45, 2.75) is 19.3 Å². The second-order valence-corrected chi connectivity index (χ2v) is 6.13. The Labute approximate surface area is 143 Å². The van der Waals surface area contributed by atoms with Gasteiger partial charge < -0.3 is 15.7 Å². The molecule has 25 heavy (non-hydrogen) atoms. The Hall–Kier alpha value is -3.15. The molecule has 0 aliphatic rings. The van der Waals surface area contributed by atoms with Crippen molar-refractivity contribution in [3.05, 3.63) is 54.2 Å². The number of halogens is 1. The number of carbonyl (C=O) groups excluding carboxylic acids is 1. The molecular weight excluding hydrogens is 319 g/mol. The first-order valence-electron chi connectivity index (χ1n) is 8.14. The van der Waals surface area contributed by atoms with Crippen LogP contribution >= 0.6 is 0 Å². The molecule has 2 heterocycles. The van der Waals surface area contributed by atoms with Crippen LogP contribution in [-0.2, 0) is 11.2 Å². The molecule has 0 unspecified atom stereocenters. The summed E-state index contributed by atoms with van der Waals surface area (Å²) in [6.45, 7) is 0. The first kappa shape index (κ1) is 15.4. The van der Waals surface area contributed by atoms with Crippen molar-refractivity contribution in [3.8, 4) is 11.1 Å². The largest absolute Gasteiger partial charge is 0.370 e. The number of nitrogens with zero attached hydrogens (tertiary/aromatic N) is 1. The number of nitrogens with one attached hydrogen (secondary N) is 2. The van der Waals surface area contributed by atoms with Crippen molar-refractivity contribution in [1.82, 2.24) is 15.0 Å². The molecule has 0 aliphatic heterocycles. The molecule has 4 N–H and O–H groups in total. The fraction of sp³-hybridized carbons (Fsp3) is 0.158. The van der Waals surface area contributed by atoms with Crippen molar-refractivity contribution in [2.24, 2.45) is 5.73 Å². The summed E-state index contributed by atoms with van der Waals surface area (Å²) < 4.78 is 13.3. The molecule has 0 spiro atoms. The highest BCUT2D eigenvalue weighted by atomic mass is 19.1. The zero-order chi connectivity index (χ0) is 17.4. The molecule has 1 amide bonds. The van der Waals surface area contributed by atoms with Crippen LogP contribution in [0.2, 0.25) is 0 Å². The van der Waals surface area contributed by atoms with Crippen LogP contribution in [0.5, 0.6) is 0 Å². The van der Waals surface area contributed by atoms with E-state index >= 15 is 0 Å². The lowest BCUT2D eigenvalue weighted by atomic mass is 10.0. The van der Waals surface area contributed by atoms with Crippen molar-refractivity contribution < 1.29 is 9.18 Å². The van der Waals surface area contributed by atoms with Gasteiger partial charge in [-0.15, -0.1) is 0 Å². The third-order valence-corrected chi connectivity index (χ3v) is 4.32. The standard InChI is InChI=1S/C19H17FN4O/c20-12-5-6-13-14(10-22-16(13)9-12)11-4-7-15-17(8-11)24-19(23-15)3-1-2-18(21)25/h4-10,22H,1-3H2,(H2,21,25)(H,23,24). The number of fused-ring (bicyclic) bond motifs is 2. The molecule has 0 radical (unpaired) electrons. The summed E-state index contributed by atoms with van der Waals surface area (Å²) in [5.41, 5.74) is 9.79. The minimum atomic E-state index is -0.297. The zero-order valence-electron chi connectivity index (χ0n) is 13.5. The number of H-pyrrole nitrogens is 2. The maximum Gasteiger partial charge on any atom is 0.217 e.